The van der Waals surface area contributed by atoms with Crippen molar-refractivity contribution in [1.82, 2.24) is 19.1 Å². The molecule has 4 aromatic heterocycles. The van der Waals surface area contributed by atoms with E-state index in [2.05, 4.69) is 180 Å². The van der Waals surface area contributed by atoms with E-state index in [0.29, 0.717) is 5.82 Å². The molecule has 64 heavy (non-hydrogen) atoms. The molecule has 8 aromatic carbocycles. The van der Waals surface area contributed by atoms with Crippen molar-refractivity contribution in [3.8, 4) is 56.7 Å². The molecule has 0 saturated heterocycles. The van der Waals surface area contributed by atoms with E-state index in [1.165, 1.54) is 16.3 Å². The Balaban J connectivity index is 1.05. The number of para-hydroxylation sites is 4. The largest absolute Gasteiger partial charge is 0.454 e. The average Bonchev–Trinajstić information content (AvgIpc) is 4.01. The van der Waals surface area contributed by atoms with Gasteiger partial charge in [-0.2, -0.15) is 0 Å². The van der Waals surface area contributed by atoms with E-state index in [4.69, 9.17) is 21.0 Å². The number of fused-ring (bicyclic) bond motifs is 5. The molecule has 0 bridgehead atoms. The maximum atomic E-state index is 6.90. The van der Waals surface area contributed by atoms with Crippen molar-refractivity contribution >= 4 is 49.3 Å². The zero-order valence-electron chi connectivity index (χ0n) is 35.1. The molecule has 12 aromatic rings. The Kier molecular flexibility index (Phi) is 8.80. The summed E-state index contributed by atoms with van der Waals surface area (Å²) in [5.74, 6) is 1.47. The lowest BCUT2D eigenvalue weighted by Crippen LogP contribution is -2.00. The third kappa shape index (κ3) is 6.09. The van der Waals surface area contributed by atoms with Gasteiger partial charge >= 0.3 is 0 Å². The van der Waals surface area contributed by atoms with Gasteiger partial charge in [-0.3, -0.25) is 0 Å². The smallest absolute Gasteiger partial charge is 0.160 e. The highest BCUT2D eigenvalue weighted by Crippen LogP contribution is 2.46. The van der Waals surface area contributed by atoms with Gasteiger partial charge in [0, 0.05) is 60.7 Å². The van der Waals surface area contributed by atoms with E-state index in [0.717, 1.165) is 101 Å². The summed E-state index contributed by atoms with van der Waals surface area (Å²) in [6.07, 6.45) is 0. The van der Waals surface area contributed by atoms with Crippen molar-refractivity contribution in [3.05, 3.63) is 236 Å². The van der Waals surface area contributed by atoms with E-state index in [1.807, 2.05) is 48.5 Å². The van der Waals surface area contributed by atoms with Gasteiger partial charge in [0.15, 0.2) is 11.6 Å². The van der Waals surface area contributed by atoms with Crippen LogP contribution in [-0.2, 0) is 0 Å². The molecule has 0 saturated carbocycles. The first-order valence-corrected chi connectivity index (χ1v) is 21.6. The van der Waals surface area contributed by atoms with Gasteiger partial charge in [0.1, 0.15) is 5.58 Å². The van der Waals surface area contributed by atoms with E-state index < -0.39 is 0 Å². The van der Waals surface area contributed by atoms with Crippen LogP contribution in [-0.4, -0.2) is 19.1 Å². The van der Waals surface area contributed by atoms with Gasteiger partial charge in [-0.25, -0.2) is 9.97 Å². The van der Waals surface area contributed by atoms with Crippen LogP contribution in [0.2, 0.25) is 0 Å². The van der Waals surface area contributed by atoms with Crippen molar-refractivity contribution in [3.63, 3.8) is 0 Å². The van der Waals surface area contributed by atoms with Crippen LogP contribution in [0.5, 0.6) is 0 Å². The van der Waals surface area contributed by atoms with Gasteiger partial charge in [-0.1, -0.05) is 146 Å². The Hall–Kier alpha value is -8.54. The predicted molar refractivity (Wildman–Crippen MR) is 264 cm³/mol. The second-order valence-electron chi connectivity index (χ2n) is 16.3. The van der Waals surface area contributed by atoms with Crippen LogP contribution in [0.25, 0.3) is 106 Å². The van der Waals surface area contributed by atoms with Crippen molar-refractivity contribution in [1.29, 1.82) is 0 Å². The van der Waals surface area contributed by atoms with Crippen LogP contribution < -0.4 is 0 Å². The second kappa shape index (κ2) is 15.1. The lowest BCUT2D eigenvalue weighted by atomic mass is 9.94. The van der Waals surface area contributed by atoms with Crippen LogP contribution >= 0.6 is 0 Å². The molecular weight excluding hydrogens is 781 g/mol. The Morgan fingerprint density at radius 2 is 0.984 bits per heavy atom. The van der Waals surface area contributed by atoms with Crippen LogP contribution in [0.15, 0.2) is 223 Å². The summed E-state index contributed by atoms with van der Waals surface area (Å²) in [4.78, 5) is 10.3. The van der Waals surface area contributed by atoms with Gasteiger partial charge in [0.25, 0.3) is 0 Å². The van der Waals surface area contributed by atoms with Gasteiger partial charge in [-0.05, 0) is 90.9 Å². The van der Waals surface area contributed by atoms with E-state index >= 15 is 0 Å². The normalized spacial score (nSPS) is 11.6. The molecule has 302 valence electrons. The summed E-state index contributed by atoms with van der Waals surface area (Å²) in [5, 5.41) is 4.54. The zero-order valence-corrected chi connectivity index (χ0v) is 35.1. The van der Waals surface area contributed by atoms with Crippen LogP contribution in [0.4, 0.5) is 0 Å². The minimum Gasteiger partial charge on any atom is -0.454 e. The number of benzene rings is 8. The molecule has 5 heteroatoms. The van der Waals surface area contributed by atoms with Gasteiger partial charge in [0.05, 0.1) is 33.6 Å². The number of nitrogens with zero attached hydrogens (tertiary/aromatic N) is 4. The molecule has 0 aliphatic heterocycles. The summed E-state index contributed by atoms with van der Waals surface area (Å²) in [7, 11) is 0. The van der Waals surface area contributed by atoms with Crippen molar-refractivity contribution in [2.75, 3.05) is 0 Å². The number of aromatic nitrogens is 4. The first-order valence-electron chi connectivity index (χ1n) is 21.6. The van der Waals surface area contributed by atoms with E-state index in [9.17, 15) is 0 Å². The van der Waals surface area contributed by atoms with Crippen LogP contribution in [0.1, 0.15) is 16.7 Å². The molecule has 0 aliphatic rings. The summed E-state index contributed by atoms with van der Waals surface area (Å²) >= 11 is 0. The predicted octanol–water partition coefficient (Wildman–Crippen LogP) is 15.3. The Bertz CT molecular complexity index is 3670. The molecule has 0 spiro atoms. The fraction of sp³-hybridized carbons (Fsp3) is 0.0169. The molecular formula is C59H40N4O. The fourth-order valence-corrected chi connectivity index (χ4v) is 9.44. The van der Waals surface area contributed by atoms with Crippen molar-refractivity contribution in [2.45, 2.75) is 6.92 Å². The molecule has 12 rings (SSSR count). The highest BCUT2D eigenvalue weighted by molar-refractivity contribution is 6.12. The van der Waals surface area contributed by atoms with Gasteiger partial charge in [-0.15, -0.1) is 0 Å². The SMILES string of the molecule is C=C(c1ccc2c(c1)c1ccccc1n2-c1ccccc1)c1c(-c2oc3ccccc3c2C)n(-c2ccc(-c3nc(-c4ccccc4)cc(-c4ccccc4)n3)cc2)c2ccccc12. The summed E-state index contributed by atoms with van der Waals surface area (Å²) in [6.45, 7) is 7.07. The molecule has 0 aliphatic carbocycles. The lowest BCUT2D eigenvalue weighted by molar-refractivity contribution is 0.624. The molecule has 4 heterocycles. The van der Waals surface area contributed by atoms with Crippen LogP contribution in [0, 0.1) is 6.92 Å². The topological polar surface area (TPSA) is 48.8 Å². The minimum atomic E-state index is 0.663. The summed E-state index contributed by atoms with van der Waals surface area (Å²) in [5.41, 5.74) is 16.1. The number of furan rings is 1. The fourth-order valence-electron chi connectivity index (χ4n) is 9.44. The summed E-state index contributed by atoms with van der Waals surface area (Å²) in [6, 6.07) is 74.2. The standard InChI is InChI=1S/C59H40N4O/c1-38(43-32-35-54-49(36-43)47-25-12-15-27-52(47)62(54)44-22-10-5-11-23-44)56-48-26-13-16-28-53(48)63(57(56)58-39(2)46-24-14-17-29-55(46)64-58)45-33-30-42(31-34-45)59-60-50(40-18-6-3-7-19-40)37-51(61-59)41-20-8-4-9-21-41/h3-37H,1H2,2H3. The monoisotopic (exact) mass is 820 g/mol. The Morgan fingerprint density at radius 3 is 1.64 bits per heavy atom. The number of hydrogen-bond acceptors (Lipinski definition) is 3. The van der Waals surface area contributed by atoms with Gasteiger partial charge in [0.2, 0.25) is 0 Å². The molecule has 0 unspecified atom stereocenters. The van der Waals surface area contributed by atoms with E-state index in [1.54, 1.807) is 0 Å². The molecule has 0 N–H and O–H groups in total. The molecule has 0 atom stereocenters. The molecule has 5 nitrogen and oxygen atoms in total. The second-order valence-corrected chi connectivity index (χ2v) is 16.3. The molecule has 0 radical (unpaired) electrons. The number of hydrogen-bond donors (Lipinski definition) is 0. The Morgan fingerprint density at radius 1 is 0.453 bits per heavy atom. The molecule has 0 amide bonds. The third-order valence-electron chi connectivity index (χ3n) is 12.5. The lowest BCUT2D eigenvalue weighted by Gasteiger charge is -2.14. The number of rotatable bonds is 8. The first kappa shape index (κ1) is 37.2. The molecule has 0 fully saturated rings. The average molecular weight is 821 g/mol. The van der Waals surface area contributed by atoms with Gasteiger partial charge < -0.3 is 13.6 Å². The quantitative estimate of drug-likeness (QED) is 0.153. The zero-order chi connectivity index (χ0) is 42.7. The third-order valence-corrected chi connectivity index (χ3v) is 12.5. The number of aryl methyl sites for hydroxylation is 1. The highest BCUT2D eigenvalue weighted by Gasteiger charge is 2.27. The summed E-state index contributed by atoms with van der Waals surface area (Å²) < 4.78 is 11.6. The van der Waals surface area contributed by atoms with E-state index in [-0.39, 0.29) is 0 Å². The van der Waals surface area contributed by atoms with Crippen molar-refractivity contribution in [2.24, 2.45) is 0 Å². The Labute approximate surface area is 370 Å². The minimum absolute atomic E-state index is 0.663. The van der Waals surface area contributed by atoms with Crippen molar-refractivity contribution < 1.29 is 4.42 Å². The highest BCUT2D eigenvalue weighted by atomic mass is 16.3. The maximum Gasteiger partial charge on any atom is 0.160 e. The first-order chi connectivity index (χ1) is 31.6. The van der Waals surface area contributed by atoms with Crippen LogP contribution in [0.3, 0.4) is 0 Å². The maximum absolute atomic E-state index is 6.90.